The molecule has 11 heteroatoms. The highest BCUT2D eigenvalue weighted by molar-refractivity contribution is 7.87. The lowest BCUT2D eigenvalue weighted by atomic mass is 9.77. The average molecular weight is 432 g/mol. The second-order valence-corrected chi connectivity index (χ2v) is 9.45. The van der Waals surface area contributed by atoms with Crippen LogP contribution in [0.2, 0.25) is 0 Å². The molecule has 5 unspecified atom stereocenters. The zero-order chi connectivity index (χ0) is 21.4. The maximum absolute atomic E-state index is 12.6. The maximum atomic E-state index is 12.6. The van der Waals surface area contributed by atoms with Gasteiger partial charge in [-0.15, -0.1) is 0 Å². The van der Waals surface area contributed by atoms with E-state index in [9.17, 15) is 22.8 Å². The number of fused-ring (bicyclic) bond motifs is 1. The van der Waals surface area contributed by atoms with Crippen LogP contribution in [0.4, 0.5) is 0 Å². The molecule has 29 heavy (non-hydrogen) atoms. The van der Waals surface area contributed by atoms with Crippen molar-refractivity contribution in [3.05, 3.63) is 12.7 Å². The predicted molar refractivity (Wildman–Crippen MR) is 95.8 cm³/mol. The highest BCUT2D eigenvalue weighted by Crippen LogP contribution is 2.69. The average Bonchev–Trinajstić information content (AvgIpc) is 3.16. The van der Waals surface area contributed by atoms with Crippen LogP contribution >= 0.6 is 0 Å². The van der Waals surface area contributed by atoms with Crippen LogP contribution in [0.3, 0.4) is 0 Å². The molecule has 1 saturated heterocycles. The van der Waals surface area contributed by atoms with Crippen LogP contribution in [0.15, 0.2) is 12.7 Å². The van der Waals surface area contributed by atoms with Gasteiger partial charge in [0, 0.05) is 25.3 Å². The lowest BCUT2D eigenvalue weighted by Gasteiger charge is -2.37. The third-order valence-corrected chi connectivity index (χ3v) is 7.65. The molecule has 0 aromatic rings. The molecule has 2 bridgehead atoms. The molecule has 1 heterocycles. The van der Waals surface area contributed by atoms with Crippen molar-refractivity contribution in [3.63, 3.8) is 0 Å². The van der Waals surface area contributed by atoms with Crippen LogP contribution < -0.4 is 0 Å². The summed E-state index contributed by atoms with van der Waals surface area (Å²) in [6.45, 7) is 5.54. The molecule has 1 aliphatic heterocycles. The first-order valence-corrected chi connectivity index (χ1v) is 10.6. The fourth-order valence-electron chi connectivity index (χ4n) is 4.82. The molecule has 3 fully saturated rings. The van der Waals surface area contributed by atoms with E-state index in [2.05, 4.69) is 6.58 Å². The van der Waals surface area contributed by atoms with Crippen molar-refractivity contribution in [1.82, 2.24) is 0 Å². The van der Waals surface area contributed by atoms with Gasteiger partial charge >= 0.3 is 17.9 Å². The Labute approximate surface area is 168 Å². The predicted octanol–water partition coefficient (Wildman–Crippen LogP) is 0.104. The number of rotatable bonds is 9. The summed E-state index contributed by atoms with van der Waals surface area (Å²) in [5, 5.41) is -0.881. The van der Waals surface area contributed by atoms with Crippen LogP contribution in [0.5, 0.6) is 0 Å². The molecule has 162 valence electrons. The molecule has 3 aliphatic rings. The lowest BCUT2D eigenvalue weighted by molar-refractivity contribution is -0.157. The molecule has 2 saturated carbocycles. The molecule has 3 rings (SSSR count). The van der Waals surface area contributed by atoms with E-state index in [-0.39, 0.29) is 32.8 Å². The van der Waals surface area contributed by atoms with Gasteiger partial charge in [0.2, 0.25) is 0 Å². The van der Waals surface area contributed by atoms with Crippen molar-refractivity contribution in [2.75, 3.05) is 26.4 Å². The fraction of sp³-hybridized carbons (Fsp3) is 0.722. The first kappa shape index (κ1) is 21.7. The summed E-state index contributed by atoms with van der Waals surface area (Å²) >= 11 is 0. The standard InChI is InChI=1S/C18H24O10S/c1-4-14(21)24-5-6-25-15-16-18(10-27-12(3)20)8-17(15,9-26-11(2)19)7-13(18)29(22,23)28-16/h4,13,15-16H,1,5-10H2,2-3H3. The number of carbonyl (C=O) groups excluding carboxylic acids is 3. The number of esters is 3. The van der Waals surface area contributed by atoms with E-state index in [1.54, 1.807) is 0 Å². The van der Waals surface area contributed by atoms with E-state index in [4.69, 9.17) is 23.1 Å². The van der Waals surface area contributed by atoms with Crippen LogP contribution in [-0.2, 0) is 47.6 Å². The van der Waals surface area contributed by atoms with Crippen LogP contribution in [0, 0.1) is 10.8 Å². The van der Waals surface area contributed by atoms with E-state index in [1.165, 1.54) is 13.8 Å². The number of hydrogen-bond donors (Lipinski definition) is 0. The van der Waals surface area contributed by atoms with E-state index in [1.807, 2.05) is 0 Å². The number of hydrogen-bond acceptors (Lipinski definition) is 10. The summed E-state index contributed by atoms with van der Waals surface area (Å²) in [6.07, 6.45) is -0.168. The minimum absolute atomic E-state index is 0.0136. The largest absolute Gasteiger partial charge is 0.465 e. The Bertz CT molecular complexity index is 820. The third kappa shape index (κ3) is 3.78. The highest BCUT2D eigenvalue weighted by atomic mass is 32.2. The van der Waals surface area contributed by atoms with E-state index in [0.29, 0.717) is 6.42 Å². The van der Waals surface area contributed by atoms with Crippen molar-refractivity contribution in [1.29, 1.82) is 0 Å². The molecule has 5 atom stereocenters. The Hall–Kier alpha value is -1.98. The van der Waals surface area contributed by atoms with Gasteiger partial charge < -0.3 is 18.9 Å². The first-order valence-electron chi connectivity index (χ1n) is 9.16. The summed E-state index contributed by atoms with van der Waals surface area (Å²) in [6, 6.07) is 0. The topological polar surface area (TPSA) is 132 Å². The van der Waals surface area contributed by atoms with Gasteiger partial charge in [-0.1, -0.05) is 6.58 Å². The van der Waals surface area contributed by atoms with E-state index >= 15 is 0 Å². The Morgan fingerprint density at radius 2 is 1.76 bits per heavy atom. The summed E-state index contributed by atoms with van der Waals surface area (Å²) in [5.41, 5.74) is -1.79. The molecule has 0 radical (unpaired) electrons. The second-order valence-electron chi connectivity index (χ2n) is 7.70. The van der Waals surface area contributed by atoms with Gasteiger partial charge in [-0.25, -0.2) is 4.79 Å². The normalized spacial score (nSPS) is 35.9. The van der Waals surface area contributed by atoms with E-state index < -0.39 is 56.3 Å². The summed E-state index contributed by atoms with van der Waals surface area (Å²) in [4.78, 5) is 34.0. The Morgan fingerprint density at radius 1 is 1.10 bits per heavy atom. The zero-order valence-corrected chi connectivity index (χ0v) is 17.1. The summed E-state index contributed by atoms with van der Waals surface area (Å²) < 4.78 is 51.8. The molecule has 2 aliphatic carbocycles. The molecule has 0 spiro atoms. The van der Waals surface area contributed by atoms with Gasteiger partial charge in [0.15, 0.2) is 0 Å². The van der Waals surface area contributed by atoms with Crippen LogP contribution in [-0.4, -0.2) is 70.2 Å². The van der Waals surface area contributed by atoms with Crippen molar-refractivity contribution in [2.45, 2.75) is 44.1 Å². The van der Waals surface area contributed by atoms with Gasteiger partial charge in [0.1, 0.15) is 19.3 Å². The Balaban J connectivity index is 1.85. The first-order chi connectivity index (χ1) is 13.6. The quantitative estimate of drug-likeness (QED) is 0.162. The molecule has 0 aromatic heterocycles. The highest BCUT2D eigenvalue weighted by Gasteiger charge is 2.79. The number of carbonyl (C=O) groups is 3. The number of ether oxygens (including phenoxy) is 4. The molecule has 0 aromatic carbocycles. The zero-order valence-electron chi connectivity index (χ0n) is 16.2. The van der Waals surface area contributed by atoms with Gasteiger partial charge in [0.25, 0.3) is 10.1 Å². The van der Waals surface area contributed by atoms with Crippen LogP contribution in [0.25, 0.3) is 0 Å². The molecule has 0 N–H and O–H groups in total. The maximum Gasteiger partial charge on any atom is 0.330 e. The second kappa shape index (κ2) is 7.69. The van der Waals surface area contributed by atoms with Crippen LogP contribution in [0.1, 0.15) is 26.7 Å². The van der Waals surface area contributed by atoms with Gasteiger partial charge in [-0.2, -0.15) is 8.42 Å². The van der Waals surface area contributed by atoms with Crippen molar-refractivity contribution < 1.29 is 45.9 Å². The van der Waals surface area contributed by atoms with Gasteiger partial charge in [0.05, 0.1) is 30.0 Å². The molecule has 0 amide bonds. The van der Waals surface area contributed by atoms with Gasteiger partial charge in [-0.05, 0) is 12.8 Å². The lowest BCUT2D eigenvalue weighted by Crippen LogP contribution is -2.50. The van der Waals surface area contributed by atoms with Gasteiger partial charge in [-0.3, -0.25) is 13.8 Å². The SMILES string of the molecule is C=CC(=O)OCCOC1C2OS(=O)(=O)C3CC1(COC(C)=O)CC23COC(C)=O. The molecular weight excluding hydrogens is 408 g/mol. The molecule has 10 nitrogen and oxygen atoms in total. The molecular formula is C18H24O10S. The third-order valence-electron chi connectivity index (χ3n) is 5.84. The van der Waals surface area contributed by atoms with E-state index in [0.717, 1.165) is 6.08 Å². The smallest absolute Gasteiger partial charge is 0.330 e. The summed E-state index contributed by atoms with van der Waals surface area (Å²) in [7, 11) is -3.91. The minimum atomic E-state index is -3.91. The Kier molecular flexibility index (Phi) is 5.76. The summed E-state index contributed by atoms with van der Waals surface area (Å²) in [5.74, 6) is -1.64. The van der Waals surface area contributed by atoms with Crippen molar-refractivity contribution in [2.24, 2.45) is 10.8 Å². The van der Waals surface area contributed by atoms with Crippen molar-refractivity contribution in [3.8, 4) is 0 Å². The minimum Gasteiger partial charge on any atom is -0.465 e. The van der Waals surface area contributed by atoms with Crippen molar-refractivity contribution >= 4 is 28.0 Å². The monoisotopic (exact) mass is 432 g/mol. The Morgan fingerprint density at radius 3 is 2.38 bits per heavy atom. The fourth-order valence-corrected chi connectivity index (χ4v) is 6.94.